The average molecular weight is 509 g/mol. The van der Waals surface area contributed by atoms with Crippen LogP contribution in [0, 0.1) is 0 Å². The molecular weight excluding hydrogens is 489 g/mol. The fourth-order valence-corrected chi connectivity index (χ4v) is 4.85. The molecule has 172 valence electrons. The molecule has 0 amide bonds. The smallest absolute Gasteiger partial charge is 0.340 e. The zero-order valence-corrected chi connectivity index (χ0v) is 19.9. The Morgan fingerprint density at radius 2 is 1.82 bits per heavy atom. The van der Waals surface area contributed by atoms with E-state index in [2.05, 4.69) is 0 Å². The first-order valence-corrected chi connectivity index (χ1v) is 11.3. The van der Waals surface area contributed by atoms with Crippen molar-refractivity contribution in [2.75, 3.05) is 7.11 Å². The number of hydrogen-bond donors (Lipinski definition) is 1. The molecule has 1 heterocycles. The molecule has 0 bridgehead atoms. The number of methoxy groups -OCH3 is 1. The third kappa shape index (κ3) is 4.56. The highest BCUT2D eigenvalue weighted by Gasteiger charge is 2.41. The molecule has 2 aromatic rings. The minimum atomic E-state index is -0.818. The second-order valence-corrected chi connectivity index (χ2v) is 8.83. The fourth-order valence-electron chi connectivity index (χ4n) is 4.05. The van der Waals surface area contributed by atoms with Crippen molar-refractivity contribution in [1.82, 2.24) is 0 Å². The maximum absolute atomic E-state index is 12.8. The first-order chi connectivity index (χ1) is 15.8. The van der Waals surface area contributed by atoms with E-state index in [9.17, 15) is 9.59 Å². The molecule has 1 aliphatic carbocycles. The monoisotopic (exact) mass is 507 g/mol. The number of allylic oxidation sites excluding steroid dienone is 2. The van der Waals surface area contributed by atoms with Crippen molar-refractivity contribution in [3.05, 3.63) is 85.4 Å². The molecule has 1 atom stereocenters. The summed E-state index contributed by atoms with van der Waals surface area (Å²) in [7, 11) is 1.23. The van der Waals surface area contributed by atoms with E-state index in [0.29, 0.717) is 41.2 Å². The van der Waals surface area contributed by atoms with Crippen LogP contribution in [0.4, 0.5) is 0 Å². The van der Waals surface area contributed by atoms with E-state index in [4.69, 9.17) is 54.7 Å². The highest BCUT2D eigenvalue weighted by molar-refractivity contribution is 6.37. The summed E-state index contributed by atoms with van der Waals surface area (Å²) in [5.74, 6) is -1.04. The number of carbonyl (C=O) groups is 2. The van der Waals surface area contributed by atoms with Gasteiger partial charge in [0.25, 0.3) is 0 Å². The quantitative estimate of drug-likeness (QED) is 0.522. The van der Waals surface area contributed by atoms with Gasteiger partial charge in [0, 0.05) is 29.0 Å². The van der Waals surface area contributed by atoms with Gasteiger partial charge >= 0.3 is 5.97 Å². The lowest BCUT2D eigenvalue weighted by atomic mass is 9.77. The zero-order chi connectivity index (χ0) is 23.7. The first-order valence-electron chi connectivity index (χ1n) is 10.2. The Kier molecular flexibility index (Phi) is 6.88. The Morgan fingerprint density at radius 1 is 1.12 bits per heavy atom. The van der Waals surface area contributed by atoms with Gasteiger partial charge in [-0.15, -0.1) is 0 Å². The number of nitrogens with two attached hydrogens (primary N) is 1. The third-order valence-corrected chi connectivity index (χ3v) is 6.50. The summed E-state index contributed by atoms with van der Waals surface area (Å²) in [4.78, 5) is 25.4. The van der Waals surface area contributed by atoms with Crippen molar-refractivity contribution >= 4 is 46.6 Å². The molecule has 0 unspecified atom stereocenters. The van der Waals surface area contributed by atoms with Crippen molar-refractivity contribution in [2.24, 2.45) is 5.73 Å². The zero-order valence-electron chi connectivity index (χ0n) is 17.6. The molecule has 33 heavy (non-hydrogen) atoms. The lowest BCUT2D eigenvalue weighted by Crippen LogP contribution is -2.31. The summed E-state index contributed by atoms with van der Waals surface area (Å²) >= 11 is 19.3. The molecule has 2 aromatic carbocycles. The number of Topliss-reactive ketones (excluding diaryl/α,β-unsaturated/α-hetero) is 1. The molecule has 0 radical (unpaired) electrons. The third-order valence-electron chi connectivity index (χ3n) is 5.57. The average Bonchev–Trinajstić information content (AvgIpc) is 2.78. The molecule has 0 fully saturated rings. The van der Waals surface area contributed by atoms with Crippen LogP contribution < -0.4 is 10.5 Å². The molecule has 0 saturated heterocycles. The Hall–Kier alpha value is -2.67. The molecule has 6 nitrogen and oxygen atoms in total. The van der Waals surface area contributed by atoms with Crippen LogP contribution in [-0.4, -0.2) is 18.9 Å². The second kappa shape index (κ2) is 9.67. The molecule has 2 aliphatic rings. The van der Waals surface area contributed by atoms with Gasteiger partial charge in [0.2, 0.25) is 5.88 Å². The van der Waals surface area contributed by atoms with Gasteiger partial charge in [0.1, 0.15) is 17.9 Å². The fraction of sp³-hybridized carbons (Fsp3) is 0.250. The number of ketones is 1. The van der Waals surface area contributed by atoms with Gasteiger partial charge in [-0.3, -0.25) is 4.79 Å². The van der Waals surface area contributed by atoms with E-state index in [1.54, 1.807) is 18.2 Å². The molecule has 0 saturated carbocycles. The van der Waals surface area contributed by atoms with Gasteiger partial charge in [0.15, 0.2) is 11.5 Å². The normalized spacial score (nSPS) is 18.1. The van der Waals surface area contributed by atoms with Crippen molar-refractivity contribution < 1.29 is 23.8 Å². The summed E-state index contributed by atoms with van der Waals surface area (Å²) in [6, 6.07) is 10.5. The summed E-state index contributed by atoms with van der Waals surface area (Å²) in [6.07, 6.45) is 1.52. The van der Waals surface area contributed by atoms with Crippen LogP contribution in [0.1, 0.15) is 36.3 Å². The standard InChI is InChI=1S/C24H20Cl3NO5/c1-31-24(30)21-19(20-17(29)7-4-8-18(20)33-23(21)28)13-9-15(26)22(16(27)10-13)32-11-12-5-2-3-6-14(12)25/h2-3,5-6,9-10,19H,4,7-8,11,28H2,1H3/t19-/m0/s1. The maximum Gasteiger partial charge on any atom is 0.340 e. The number of carbonyl (C=O) groups excluding carboxylic acids is 2. The summed E-state index contributed by atoms with van der Waals surface area (Å²) in [6.45, 7) is 0.157. The van der Waals surface area contributed by atoms with E-state index < -0.39 is 11.9 Å². The minimum absolute atomic E-state index is 0.0309. The summed E-state index contributed by atoms with van der Waals surface area (Å²) in [5, 5.41) is 0.982. The second-order valence-electron chi connectivity index (χ2n) is 7.61. The first kappa shape index (κ1) is 23.5. The number of ether oxygens (including phenoxy) is 3. The molecule has 1 aliphatic heterocycles. The predicted octanol–water partition coefficient (Wildman–Crippen LogP) is 5.69. The number of hydrogen-bond acceptors (Lipinski definition) is 6. The molecule has 2 N–H and O–H groups in total. The van der Waals surface area contributed by atoms with Crippen LogP contribution in [-0.2, 0) is 25.7 Å². The summed E-state index contributed by atoms with van der Waals surface area (Å²) in [5.41, 5.74) is 7.75. The van der Waals surface area contributed by atoms with E-state index >= 15 is 0 Å². The van der Waals surface area contributed by atoms with Gasteiger partial charge in [-0.1, -0.05) is 53.0 Å². The molecule has 0 aromatic heterocycles. The maximum atomic E-state index is 12.8. The highest BCUT2D eigenvalue weighted by atomic mass is 35.5. The van der Waals surface area contributed by atoms with Gasteiger partial charge in [0.05, 0.1) is 23.1 Å². The lowest BCUT2D eigenvalue weighted by Gasteiger charge is -2.32. The van der Waals surface area contributed by atoms with E-state index in [1.165, 1.54) is 7.11 Å². The number of rotatable bonds is 5. The lowest BCUT2D eigenvalue weighted by molar-refractivity contribution is -0.136. The van der Waals surface area contributed by atoms with Crippen molar-refractivity contribution in [3.8, 4) is 5.75 Å². The van der Waals surface area contributed by atoms with E-state index in [-0.39, 0.29) is 39.6 Å². The number of esters is 1. The molecular formula is C24H20Cl3NO5. The van der Waals surface area contributed by atoms with Crippen LogP contribution in [0.2, 0.25) is 15.1 Å². The molecule has 0 spiro atoms. The number of benzene rings is 2. The van der Waals surface area contributed by atoms with E-state index in [1.807, 2.05) is 18.2 Å². The highest BCUT2D eigenvalue weighted by Crippen LogP contribution is 2.46. The SMILES string of the molecule is COC(=O)C1=C(N)OC2=C(C(=O)CCC2)[C@@H]1c1cc(Cl)c(OCc2ccccc2Cl)c(Cl)c1. The Balaban J connectivity index is 1.75. The van der Waals surface area contributed by atoms with Crippen LogP contribution >= 0.6 is 34.8 Å². The van der Waals surface area contributed by atoms with Gasteiger partial charge in [-0.05, 0) is 30.2 Å². The molecule has 4 rings (SSSR count). The van der Waals surface area contributed by atoms with Crippen LogP contribution in [0.3, 0.4) is 0 Å². The van der Waals surface area contributed by atoms with Crippen molar-refractivity contribution in [2.45, 2.75) is 31.8 Å². The van der Waals surface area contributed by atoms with Crippen molar-refractivity contribution in [1.29, 1.82) is 0 Å². The topological polar surface area (TPSA) is 87.9 Å². The van der Waals surface area contributed by atoms with E-state index in [0.717, 1.165) is 5.56 Å². The minimum Gasteiger partial charge on any atom is -0.486 e. The predicted molar refractivity (Wildman–Crippen MR) is 125 cm³/mol. The van der Waals surface area contributed by atoms with Gasteiger partial charge in [-0.2, -0.15) is 0 Å². The van der Waals surface area contributed by atoms with Crippen molar-refractivity contribution in [3.63, 3.8) is 0 Å². The summed E-state index contributed by atoms with van der Waals surface area (Å²) < 4.78 is 16.4. The largest absolute Gasteiger partial charge is 0.486 e. The number of halogens is 3. The Labute approximate surface area is 205 Å². The van der Waals surface area contributed by atoms with Crippen LogP contribution in [0.25, 0.3) is 0 Å². The molecule has 9 heteroatoms. The Bertz CT molecular complexity index is 1180. The van der Waals surface area contributed by atoms with Crippen LogP contribution in [0.5, 0.6) is 5.75 Å². The Morgan fingerprint density at radius 3 is 2.48 bits per heavy atom. The van der Waals surface area contributed by atoms with Gasteiger partial charge < -0.3 is 19.9 Å². The van der Waals surface area contributed by atoms with Crippen LogP contribution in [0.15, 0.2) is 59.2 Å². The van der Waals surface area contributed by atoms with Gasteiger partial charge in [-0.25, -0.2) is 4.79 Å².